The molecule has 0 heterocycles. The van der Waals surface area contributed by atoms with Crippen LogP contribution in [0.25, 0.3) is 6.08 Å². The molecule has 10 heteroatoms. The SMILES string of the molecule is O=[N+]([O-])c1ccc(Cl)c([N+](=O)[O-])c1CS(=O)(=O)/C=C/c1ccccc1. The van der Waals surface area contributed by atoms with Crippen LogP contribution in [0, 0.1) is 20.2 Å². The van der Waals surface area contributed by atoms with Crippen molar-refractivity contribution in [1.82, 2.24) is 0 Å². The van der Waals surface area contributed by atoms with Gasteiger partial charge in [-0.05, 0) is 17.7 Å². The van der Waals surface area contributed by atoms with Crippen LogP contribution in [0.2, 0.25) is 5.02 Å². The predicted molar refractivity (Wildman–Crippen MR) is 92.9 cm³/mol. The van der Waals surface area contributed by atoms with E-state index in [-0.39, 0.29) is 5.02 Å². The Labute approximate surface area is 147 Å². The summed E-state index contributed by atoms with van der Waals surface area (Å²) in [5, 5.41) is 22.8. The van der Waals surface area contributed by atoms with Gasteiger partial charge >= 0.3 is 0 Å². The number of nitro benzene ring substituents is 2. The fraction of sp³-hybridized carbons (Fsp3) is 0.0667. The molecule has 25 heavy (non-hydrogen) atoms. The lowest BCUT2D eigenvalue weighted by Crippen LogP contribution is -2.07. The third kappa shape index (κ3) is 4.61. The van der Waals surface area contributed by atoms with Crippen LogP contribution in [0.4, 0.5) is 11.4 Å². The van der Waals surface area contributed by atoms with Crippen LogP contribution in [-0.4, -0.2) is 18.3 Å². The van der Waals surface area contributed by atoms with Gasteiger partial charge in [-0.25, -0.2) is 8.42 Å². The molecule has 0 bridgehead atoms. The summed E-state index contributed by atoms with van der Waals surface area (Å²) in [5.74, 6) is -0.913. The van der Waals surface area contributed by atoms with E-state index < -0.39 is 42.4 Å². The largest absolute Gasteiger partial charge is 0.298 e. The van der Waals surface area contributed by atoms with Crippen molar-refractivity contribution >= 4 is 38.9 Å². The second-order valence-electron chi connectivity index (χ2n) is 4.93. The summed E-state index contributed by atoms with van der Waals surface area (Å²) in [5.41, 5.74) is -1.42. The van der Waals surface area contributed by atoms with Gasteiger partial charge in [-0.2, -0.15) is 0 Å². The summed E-state index contributed by atoms with van der Waals surface area (Å²) in [6, 6.07) is 10.4. The Bertz CT molecular complexity index is 957. The summed E-state index contributed by atoms with van der Waals surface area (Å²) in [6.45, 7) is 0. The molecule has 130 valence electrons. The van der Waals surface area contributed by atoms with Gasteiger partial charge < -0.3 is 0 Å². The molecule has 0 aromatic heterocycles. The van der Waals surface area contributed by atoms with Crippen LogP contribution in [-0.2, 0) is 15.6 Å². The highest BCUT2D eigenvalue weighted by Crippen LogP contribution is 2.36. The highest BCUT2D eigenvalue weighted by atomic mass is 35.5. The van der Waals surface area contributed by atoms with Crippen molar-refractivity contribution in [2.75, 3.05) is 0 Å². The fourth-order valence-corrected chi connectivity index (χ4v) is 3.50. The minimum absolute atomic E-state index is 0.368. The number of nitro groups is 2. The van der Waals surface area contributed by atoms with Gasteiger partial charge in [0, 0.05) is 11.5 Å². The number of hydrogen-bond acceptors (Lipinski definition) is 6. The molecule has 0 spiro atoms. The molecule has 0 N–H and O–H groups in total. The Morgan fingerprint density at radius 2 is 1.64 bits per heavy atom. The van der Waals surface area contributed by atoms with E-state index >= 15 is 0 Å². The fourth-order valence-electron chi connectivity index (χ4n) is 2.10. The molecule has 0 atom stereocenters. The zero-order valence-electron chi connectivity index (χ0n) is 12.5. The average Bonchev–Trinajstić information content (AvgIpc) is 2.53. The first-order valence-corrected chi connectivity index (χ1v) is 8.86. The molecular formula is C15H11ClN2O6S. The highest BCUT2D eigenvalue weighted by Gasteiger charge is 2.31. The van der Waals surface area contributed by atoms with Gasteiger partial charge in [-0.1, -0.05) is 41.9 Å². The molecule has 0 aliphatic carbocycles. The molecule has 0 unspecified atom stereocenters. The monoisotopic (exact) mass is 382 g/mol. The molecule has 0 aliphatic rings. The topological polar surface area (TPSA) is 120 Å². The van der Waals surface area contributed by atoms with Crippen molar-refractivity contribution in [1.29, 1.82) is 0 Å². The van der Waals surface area contributed by atoms with E-state index in [1.54, 1.807) is 30.3 Å². The van der Waals surface area contributed by atoms with Crippen molar-refractivity contribution in [3.05, 3.63) is 84.3 Å². The third-order valence-electron chi connectivity index (χ3n) is 3.20. The lowest BCUT2D eigenvalue weighted by molar-refractivity contribution is -0.395. The minimum atomic E-state index is -4.01. The lowest BCUT2D eigenvalue weighted by atomic mass is 10.1. The van der Waals surface area contributed by atoms with Crippen molar-refractivity contribution < 1.29 is 18.3 Å². The highest BCUT2D eigenvalue weighted by molar-refractivity contribution is 7.93. The maximum atomic E-state index is 12.3. The van der Waals surface area contributed by atoms with Gasteiger partial charge in [0.25, 0.3) is 11.4 Å². The van der Waals surface area contributed by atoms with E-state index in [1.807, 2.05) is 0 Å². The average molecular weight is 383 g/mol. The molecule has 0 amide bonds. The first-order chi connectivity index (χ1) is 11.7. The molecule has 0 fully saturated rings. The van der Waals surface area contributed by atoms with Crippen molar-refractivity contribution in [3.8, 4) is 0 Å². The summed E-state index contributed by atoms with van der Waals surface area (Å²) in [6.07, 6.45) is 1.30. The van der Waals surface area contributed by atoms with Gasteiger partial charge in [0.1, 0.15) is 10.6 Å². The molecular weight excluding hydrogens is 372 g/mol. The van der Waals surface area contributed by atoms with Gasteiger partial charge in [0.05, 0.1) is 15.6 Å². The molecule has 8 nitrogen and oxygen atoms in total. The van der Waals surface area contributed by atoms with Crippen molar-refractivity contribution in [3.63, 3.8) is 0 Å². The van der Waals surface area contributed by atoms with E-state index in [1.165, 1.54) is 6.08 Å². The van der Waals surface area contributed by atoms with E-state index in [2.05, 4.69) is 0 Å². The molecule has 0 aliphatic heterocycles. The quantitative estimate of drug-likeness (QED) is 0.554. The Balaban J connectivity index is 2.48. The van der Waals surface area contributed by atoms with Crippen molar-refractivity contribution in [2.45, 2.75) is 5.75 Å². The molecule has 2 rings (SSSR count). The molecule has 2 aromatic carbocycles. The number of hydrogen-bond donors (Lipinski definition) is 0. The minimum Gasteiger partial charge on any atom is -0.258 e. The van der Waals surface area contributed by atoms with Gasteiger partial charge in [-0.15, -0.1) is 0 Å². The van der Waals surface area contributed by atoms with Gasteiger partial charge in [0.15, 0.2) is 9.84 Å². The zero-order chi connectivity index (χ0) is 18.6. The first kappa shape index (κ1) is 18.6. The molecule has 0 saturated carbocycles. The predicted octanol–water partition coefficient (Wildman–Crippen LogP) is 3.74. The number of benzene rings is 2. The van der Waals surface area contributed by atoms with E-state index in [0.29, 0.717) is 5.56 Å². The normalized spacial score (nSPS) is 11.6. The Hall–Kier alpha value is -2.78. The van der Waals surface area contributed by atoms with Gasteiger partial charge in [-0.3, -0.25) is 20.2 Å². The molecule has 0 saturated heterocycles. The van der Waals surface area contributed by atoms with Crippen LogP contribution in [0.3, 0.4) is 0 Å². The van der Waals surface area contributed by atoms with E-state index in [4.69, 9.17) is 11.6 Å². The Morgan fingerprint density at radius 3 is 2.20 bits per heavy atom. The summed E-state index contributed by atoms with van der Waals surface area (Å²) >= 11 is 5.73. The number of sulfone groups is 1. The van der Waals surface area contributed by atoms with Crippen LogP contribution in [0.5, 0.6) is 0 Å². The zero-order valence-corrected chi connectivity index (χ0v) is 14.1. The van der Waals surface area contributed by atoms with E-state index in [9.17, 15) is 28.6 Å². The number of nitrogens with zero attached hydrogens (tertiary/aromatic N) is 2. The maximum absolute atomic E-state index is 12.3. The Morgan fingerprint density at radius 1 is 1.00 bits per heavy atom. The Kier molecular flexibility index (Phi) is 5.50. The second kappa shape index (κ2) is 7.41. The summed E-state index contributed by atoms with van der Waals surface area (Å²) in [7, 11) is -4.01. The lowest BCUT2D eigenvalue weighted by Gasteiger charge is -2.05. The van der Waals surface area contributed by atoms with Crippen LogP contribution in [0.1, 0.15) is 11.1 Å². The number of rotatable bonds is 6. The second-order valence-corrected chi connectivity index (χ2v) is 7.22. The first-order valence-electron chi connectivity index (χ1n) is 6.77. The van der Waals surface area contributed by atoms with Crippen molar-refractivity contribution in [2.24, 2.45) is 0 Å². The van der Waals surface area contributed by atoms with Crippen LogP contribution in [0.15, 0.2) is 47.9 Å². The van der Waals surface area contributed by atoms with Gasteiger partial charge in [0.2, 0.25) is 0 Å². The smallest absolute Gasteiger partial charge is 0.258 e. The third-order valence-corrected chi connectivity index (χ3v) is 4.75. The number of halogens is 1. The summed E-state index contributed by atoms with van der Waals surface area (Å²) < 4.78 is 24.5. The van der Waals surface area contributed by atoms with Crippen LogP contribution < -0.4 is 0 Å². The van der Waals surface area contributed by atoms with Crippen LogP contribution >= 0.6 is 11.6 Å². The van der Waals surface area contributed by atoms with E-state index in [0.717, 1.165) is 17.5 Å². The maximum Gasteiger partial charge on any atom is 0.298 e. The standard InChI is InChI=1S/C15H11ClN2O6S/c16-13-6-7-14(17(19)20)12(15(13)18(21)22)10-25(23,24)9-8-11-4-2-1-3-5-11/h1-9H,10H2/b9-8+. The summed E-state index contributed by atoms with van der Waals surface area (Å²) in [4.78, 5) is 20.5. The molecule has 2 aromatic rings. The molecule has 0 radical (unpaired) electrons.